The van der Waals surface area contributed by atoms with Crippen molar-refractivity contribution in [2.45, 2.75) is 0 Å². The molecule has 0 saturated heterocycles. The summed E-state index contributed by atoms with van der Waals surface area (Å²) in [4.78, 5) is 15.9. The van der Waals surface area contributed by atoms with E-state index in [1.54, 1.807) is 0 Å². The van der Waals surface area contributed by atoms with Crippen LogP contribution in [0.5, 0.6) is 0 Å². The second kappa shape index (κ2) is 15.6. The fourth-order valence-corrected chi connectivity index (χ4v) is 11.0. The Morgan fingerprint density at radius 3 is 1.58 bits per heavy atom. The van der Waals surface area contributed by atoms with Crippen molar-refractivity contribution in [3.05, 3.63) is 231 Å². The van der Waals surface area contributed by atoms with Crippen LogP contribution in [0.3, 0.4) is 0 Å². The molecular formula is C61H38N4S. The molecule has 0 unspecified atom stereocenters. The highest BCUT2D eigenvalue weighted by molar-refractivity contribution is 7.26. The molecule has 0 N–H and O–H groups in total. The molecule has 0 aliphatic rings. The van der Waals surface area contributed by atoms with Crippen LogP contribution in [0.1, 0.15) is 0 Å². The van der Waals surface area contributed by atoms with Crippen molar-refractivity contribution >= 4 is 64.1 Å². The Balaban J connectivity index is 1.01. The minimum atomic E-state index is 0.603. The zero-order chi connectivity index (χ0) is 43.6. The Kier molecular flexibility index (Phi) is 9.00. The van der Waals surface area contributed by atoms with Gasteiger partial charge in [-0.15, -0.1) is 11.3 Å². The van der Waals surface area contributed by atoms with Crippen LogP contribution in [0, 0.1) is 0 Å². The van der Waals surface area contributed by atoms with Crippen molar-refractivity contribution in [1.29, 1.82) is 0 Å². The molecule has 10 aromatic carbocycles. The van der Waals surface area contributed by atoms with E-state index < -0.39 is 0 Å². The van der Waals surface area contributed by atoms with Crippen LogP contribution in [0.4, 0.5) is 0 Å². The van der Waals surface area contributed by atoms with Gasteiger partial charge in [0.1, 0.15) is 0 Å². The summed E-state index contributed by atoms with van der Waals surface area (Å²) < 4.78 is 4.95. The summed E-state index contributed by atoms with van der Waals surface area (Å²) in [6.07, 6.45) is 0. The number of fused-ring (bicyclic) bond motifs is 7. The van der Waals surface area contributed by atoms with Crippen molar-refractivity contribution < 1.29 is 0 Å². The van der Waals surface area contributed by atoms with Crippen LogP contribution in [0.2, 0.25) is 0 Å². The van der Waals surface area contributed by atoms with Crippen molar-refractivity contribution in [2.75, 3.05) is 0 Å². The van der Waals surface area contributed by atoms with Crippen molar-refractivity contribution in [3.8, 4) is 73.2 Å². The van der Waals surface area contributed by atoms with E-state index in [-0.39, 0.29) is 0 Å². The molecular weight excluding hydrogens is 821 g/mol. The Morgan fingerprint density at radius 2 is 0.803 bits per heavy atom. The molecule has 0 saturated carbocycles. The fourth-order valence-electron chi connectivity index (χ4n) is 9.74. The average Bonchev–Trinajstić information content (AvgIpc) is 3.95. The highest BCUT2D eigenvalue weighted by atomic mass is 32.1. The van der Waals surface area contributed by atoms with Crippen LogP contribution in [0.25, 0.3) is 126 Å². The zero-order valence-electron chi connectivity index (χ0n) is 35.6. The molecule has 0 radical (unpaired) electrons. The molecule has 0 spiro atoms. The van der Waals surface area contributed by atoms with Gasteiger partial charge in [-0.25, -0.2) is 15.0 Å². The van der Waals surface area contributed by atoms with Gasteiger partial charge in [0.15, 0.2) is 17.5 Å². The first-order chi connectivity index (χ1) is 32.7. The second-order valence-electron chi connectivity index (χ2n) is 16.7. The summed E-state index contributed by atoms with van der Waals surface area (Å²) in [5, 5.41) is 7.42. The number of aromatic nitrogens is 4. The van der Waals surface area contributed by atoms with Crippen molar-refractivity contribution in [1.82, 2.24) is 19.5 Å². The third kappa shape index (κ3) is 6.40. The smallest absolute Gasteiger partial charge is 0.164 e. The number of thiophene rings is 1. The summed E-state index contributed by atoms with van der Waals surface area (Å²) in [6, 6.07) is 82.2. The minimum Gasteiger partial charge on any atom is -0.309 e. The van der Waals surface area contributed by atoms with E-state index in [1.807, 2.05) is 11.3 Å². The summed E-state index contributed by atoms with van der Waals surface area (Å²) in [5.41, 5.74) is 13.0. The molecule has 308 valence electrons. The van der Waals surface area contributed by atoms with Crippen LogP contribution >= 0.6 is 11.3 Å². The molecule has 0 amide bonds. The molecule has 0 bridgehead atoms. The van der Waals surface area contributed by atoms with Gasteiger partial charge in [-0.1, -0.05) is 200 Å². The van der Waals surface area contributed by atoms with E-state index in [0.717, 1.165) is 55.7 Å². The molecule has 4 nitrogen and oxygen atoms in total. The normalized spacial score (nSPS) is 11.6. The first-order valence-electron chi connectivity index (χ1n) is 22.3. The van der Waals surface area contributed by atoms with E-state index in [0.29, 0.717) is 17.5 Å². The van der Waals surface area contributed by atoms with Gasteiger partial charge >= 0.3 is 0 Å². The first-order valence-corrected chi connectivity index (χ1v) is 23.1. The maximum atomic E-state index is 5.35. The second-order valence-corrected chi connectivity index (χ2v) is 17.8. The molecule has 66 heavy (non-hydrogen) atoms. The largest absolute Gasteiger partial charge is 0.309 e. The van der Waals surface area contributed by atoms with Gasteiger partial charge in [-0.05, 0) is 68.9 Å². The van der Waals surface area contributed by atoms with Crippen LogP contribution < -0.4 is 0 Å². The molecule has 0 aliphatic carbocycles. The van der Waals surface area contributed by atoms with E-state index >= 15 is 0 Å². The lowest BCUT2D eigenvalue weighted by Gasteiger charge is -2.16. The van der Waals surface area contributed by atoms with Crippen molar-refractivity contribution in [3.63, 3.8) is 0 Å². The topological polar surface area (TPSA) is 43.6 Å². The Hall–Kier alpha value is -8.51. The highest BCUT2D eigenvalue weighted by Crippen LogP contribution is 2.42. The number of nitrogens with zero attached hydrogens (tertiary/aromatic N) is 4. The summed E-state index contributed by atoms with van der Waals surface area (Å²) in [7, 11) is 0. The molecule has 3 heterocycles. The minimum absolute atomic E-state index is 0.603. The summed E-state index contributed by atoms with van der Waals surface area (Å²) >= 11 is 1.84. The quantitative estimate of drug-likeness (QED) is 0.160. The van der Waals surface area contributed by atoms with E-state index in [4.69, 9.17) is 15.0 Å². The SMILES string of the molecule is c1ccc(-c2ccc(-c3nc(-c4ccc(-c5cccc6ccccc56)cc4)nc(-c4cccc(-c5cccc6c5sc5ccccc56)c4)n3)cc2-n2c3ccccc3c3ccccc32)cc1. The average molecular weight is 859 g/mol. The highest BCUT2D eigenvalue weighted by Gasteiger charge is 2.20. The van der Waals surface area contributed by atoms with Crippen molar-refractivity contribution in [2.24, 2.45) is 0 Å². The van der Waals surface area contributed by atoms with Crippen LogP contribution in [-0.4, -0.2) is 19.5 Å². The van der Waals surface area contributed by atoms with Gasteiger partial charge in [0.05, 0.1) is 16.7 Å². The number of hydrogen-bond acceptors (Lipinski definition) is 4. The van der Waals surface area contributed by atoms with Crippen LogP contribution in [-0.2, 0) is 0 Å². The Morgan fingerprint density at radius 1 is 0.303 bits per heavy atom. The third-order valence-corrected chi connectivity index (χ3v) is 14.1. The number of para-hydroxylation sites is 2. The van der Waals surface area contributed by atoms with Gasteiger partial charge in [-0.2, -0.15) is 0 Å². The van der Waals surface area contributed by atoms with Gasteiger partial charge in [0.25, 0.3) is 0 Å². The molecule has 0 aliphatic heterocycles. The Bertz CT molecular complexity index is 3940. The number of rotatable bonds is 7. The molecule has 13 rings (SSSR count). The molecule has 0 fully saturated rings. The predicted octanol–water partition coefficient (Wildman–Crippen LogP) is 16.5. The summed E-state index contributed by atoms with van der Waals surface area (Å²) in [5.74, 6) is 1.83. The zero-order valence-corrected chi connectivity index (χ0v) is 36.5. The molecule has 0 atom stereocenters. The molecule has 13 aromatic rings. The van der Waals surface area contributed by atoms with Gasteiger partial charge in [0, 0.05) is 53.2 Å². The van der Waals surface area contributed by atoms with E-state index in [1.165, 1.54) is 52.8 Å². The summed E-state index contributed by atoms with van der Waals surface area (Å²) in [6.45, 7) is 0. The molecule has 3 aromatic heterocycles. The predicted molar refractivity (Wildman–Crippen MR) is 277 cm³/mol. The van der Waals surface area contributed by atoms with Crippen LogP contribution in [0.15, 0.2) is 231 Å². The van der Waals surface area contributed by atoms with Gasteiger partial charge in [-0.3, -0.25) is 0 Å². The maximum absolute atomic E-state index is 5.35. The number of hydrogen-bond donors (Lipinski definition) is 0. The fraction of sp³-hybridized carbons (Fsp3) is 0. The lowest BCUT2D eigenvalue weighted by Crippen LogP contribution is -2.02. The Labute approximate surface area is 385 Å². The molecule has 5 heteroatoms. The third-order valence-electron chi connectivity index (χ3n) is 12.9. The maximum Gasteiger partial charge on any atom is 0.164 e. The lowest BCUT2D eigenvalue weighted by atomic mass is 9.97. The van der Waals surface area contributed by atoms with Gasteiger partial charge in [0.2, 0.25) is 0 Å². The van der Waals surface area contributed by atoms with E-state index in [2.05, 4.69) is 235 Å². The van der Waals surface area contributed by atoms with Gasteiger partial charge < -0.3 is 4.57 Å². The monoisotopic (exact) mass is 858 g/mol. The van der Waals surface area contributed by atoms with E-state index in [9.17, 15) is 0 Å². The lowest BCUT2D eigenvalue weighted by molar-refractivity contribution is 1.07. The number of benzene rings is 10. The first kappa shape index (κ1) is 38.0. The standard InChI is InChI=1S/C61H38N4S/c1-2-15-40(16-3-1)48-36-35-45(38-56(48)65-54-28-9-6-22-50(54)51-23-7-10-29-55(51)65)61-63-59(42-33-31-41(32-34-42)47-25-13-18-39-17-4-5-21-46(39)47)62-60(64-61)44-20-12-19-43(37-44)49-26-14-27-53-52-24-8-11-30-57(52)66-58(49)53/h1-38H.